The maximum absolute atomic E-state index is 13.0. The van der Waals surface area contributed by atoms with Crippen molar-refractivity contribution in [2.24, 2.45) is 4.99 Å². The van der Waals surface area contributed by atoms with E-state index >= 15 is 0 Å². The first-order valence-electron chi connectivity index (χ1n) is 8.24. The minimum Gasteiger partial charge on any atom is -0.351 e. The first-order valence-corrected chi connectivity index (χ1v) is 8.24. The Morgan fingerprint density at radius 2 is 1.85 bits per heavy atom. The van der Waals surface area contributed by atoms with E-state index in [1.165, 1.54) is 7.05 Å². The fourth-order valence-electron chi connectivity index (χ4n) is 2.56. The average molecular weight is 371 g/mol. The Kier molecular flexibility index (Phi) is 5.92. The number of alkyl halides is 3. The highest BCUT2D eigenvalue weighted by molar-refractivity contribution is 6.05. The number of nitrogens with one attached hydrogen (secondary N) is 3. The van der Waals surface area contributed by atoms with Crippen molar-refractivity contribution in [1.82, 2.24) is 21.1 Å². The van der Waals surface area contributed by atoms with Gasteiger partial charge in [-0.15, -0.1) is 0 Å². The summed E-state index contributed by atoms with van der Waals surface area (Å²) in [5.41, 5.74) is 2.67. The quantitative estimate of drug-likeness (QED) is 0.551. The molecule has 1 aromatic carbocycles. The molecule has 0 saturated carbocycles. The van der Waals surface area contributed by atoms with Crippen LogP contribution in [0, 0.1) is 0 Å². The normalized spacial score (nSPS) is 22.3. The lowest BCUT2D eigenvalue weighted by atomic mass is 10.1. The smallest absolute Gasteiger partial charge is 0.351 e. The van der Waals surface area contributed by atoms with E-state index in [9.17, 15) is 18.0 Å². The van der Waals surface area contributed by atoms with Crippen LogP contribution < -0.4 is 16.1 Å². The third-order valence-corrected chi connectivity index (χ3v) is 3.69. The fourth-order valence-corrected chi connectivity index (χ4v) is 2.56. The lowest BCUT2D eigenvalue weighted by molar-refractivity contribution is -0.176. The van der Waals surface area contributed by atoms with Crippen LogP contribution in [0.3, 0.4) is 0 Å². The van der Waals surface area contributed by atoms with E-state index in [0.717, 1.165) is 5.01 Å². The lowest BCUT2D eigenvalue weighted by Gasteiger charge is -2.24. The van der Waals surface area contributed by atoms with Gasteiger partial charge in [0.05, 0.1) is 0 Å². The van der Waals surface area contributed by atoms with Crippen LogP contribution in [0.5, 0.6) is 0 Å². The molecule has 1 aliphatic rings. The van der Waals surface area contributed by atoms with Gasteiger partial charge in [-0.3, -0.25) is 10.1 Å². The van der Waals surface area contributed by atoms with Crippen LogP contribution in [0.2, 0.25) is 0 Å². The summed E-state index contributed by atoms with van der Waals surface area (Å²) in [7, 11) is 1.33. The Labute approximate surface area is 150 Å². The summed E-state index contributed by atoms with van der Waals surface area (Å²) >= 11 is 0. The lowest BCUT2D eigenvalue weighted by Crippen LogP contribution is -2.50. The second kappa shape index (κ2) is 7.63. The summed E-state index contributed by atoms with van der Waals surface area (Å²) in [6, 6.07) is 6.90. The van der Waals surface area contributed by atoms with Gasteiger partial charge in [-0.05, 0) is 32.9 Å². The van der Waals surface area contributed by atoms with Gasteiger partial charge in [0.25, 0.3) is 5.91 Å². The average Bonchev–Trinajstić information content (AvgIpc) is 2.87. The minimum absolute atomic E-state index is 0.125. The molecule has 0 aromatic heterocycles. The van der Waals surface area contributed by atoms with Crippen molar-refractivity contribution in [3.8, 4) is 0 Å². The molecule has 9 heteroatoms. The van der Waals surface area contributed by atoms with Crippen molar-refractivity contribution in [3.05, 3.63) is 35.9 Å². The van der Waals surface area contributed by atoms with Crippen molar-refractivity contribution in [3.63, 3.8) is 0 Å². The molecule has 0 bridgehead atoms. The molecular weight excluding hydrogens is 347 g/mol. The van der Waals surface area contributed by atoms with E-state index in [0.29, 0.717) is 5.56 Å². The predicted octanol–water partition coefficient (Wildman–Crippen LogP) is 2.26. The van der Waals surface area contributed by atoms with Crippen LogP contribution in [-0.4, -0.2) is 47.8 Å². The highest BCUT2D eigenvalue weighted by Crippen LogP contribution is 2.30. The maximum Gasteiger partial charge on any atom is 0.405 e. The Morgan fingerprint density at radius 3 is 2.35 bits per heavy atom. The summed E-state index contributed by atoms with van der Waals surface area (Å²) in [5.74, 6) is -0.264. The Morgan fingerprint density at radius 1 is 1.23 bits per heavy atom. The van der Waals surface area contributed by atoms with Crippen molar-refractivity contribution in [2.45, 2.75) is 51.1 Å². The summed E-state index contributed by atoms with van der Waals surface area (Å²) in [4.78, 5) is 16.6. The molecule has 6 nitrogen and oxygen atoms in total. The summed E-state index contributed by atoms with van der Waals surface area (Å²) in [6.45, 7) is 5.59. The number of hydrogen-bond acceptors (Lipinski definition) is 4. The van der Waals surface area contributed by atoms with Crippen molar-refractivity contribution in [2.75, 3.05) is 7.05 Å². The molecule has 1 heterocycles. The zero-order chi connectivity index (χ0) is 19.5. The first-order chi connectivity index (χ1) is 12.0. The van der Waals surface area contributed by atoms with Gasteiger partial charge in [-0.2, -0.15) is 13.2 Å². The zero-order valence-electron chi connectivity index (χ0n) is 15.2. The molecule has 2 atom stereocenters. The third kappa shape index (κ3) is 5.70. The molecule has 1 amide bonds. The Hall–Kier alpha value is -2.13. The summed E-state index contributed by atoms with van der Waals surface area (Å²) in [5, 5.41) is 6.68. The van der Waals surface area contributed by atoms with Crippen LogP contribution in [0.25, 0.3) is 0 Å². The molecule has 2 rings (SSSR count). The SMILES string of the molecule is CN1NC(N=C(NC(=O)c2ccccc2)NC(C)(C)C)CC1C(F)(F)F. The van der Waals surface area contributed by atoms with Gasteiger partial charge in [-0.25, -0.2) is 15.4 Å². The number of amides is 1. The molecule has 1 saturated heterocycles. The molecule has 1 aliphatic heterocycles. The number of hydrogen-bond donors (Lipinski definition) is 3. The molecule has 1 aromatic rings. The van der Waals surface area contributed by atoms with Crippen LogP contribution in [0.1, 0.15) is 37.6 Å². The van der Waals surface area contributed by atoms with E-state index in [1.54, 1.807) is 30.3 Å². The molecule has 0 spiro atoms. The second-order valence-electron chi connectivity index (χ2n) is 7.22. The predicted molar refractivity (Wildman–Crippen MR) is 93.4 cm³/mol. The molecule has 3 N–H and O–H groups in total. The maximum atomic E-state index is 13.0. The minimum atomic E-state index is -4.35. The van der Waals surface area contributed by atoms with Crippen LogP contribution in [0.4, 0.5) is 13.2 Å². The number of aliphatic imine (C=N–C) groups is 1. The van der Waals surface area contributed by atoms with Gasteiger partial charge in [0, 0.05) is 24.6 Å². The topological polar surface area (TPSA) is 68.8 Å². The van der Waals surface area contributed by atoms with Gasteiger partial charge in [0.1, 0.15) is 12.2 Å². The number of carbonyl (C=O) groups is 1. The van der Waals surface area contributed by atoms with Gasteiger partial charge in [0.2, 0.25) is 0 Å². The number of rotatable bonds is 2. The number of guanidine groups is 1. The number of benzene rings is 1. The molecule has 2 unspecified atom stereocenters. The summed E-state index contributed by atoms with van der Waals surface area (Å²) in [6.07, 6.45) is -5.39. The van der Waals surface area contributed by atoms with Gasteiger partial charge in [-0.1, -0.05) is 18.2 Å². The van der Waals surface area contributed by atoms with E-state index < -0.39 is 23.9 Å². The van der Waals surface area contributed by atoms with Gasteiger partial charge < -0.3 is 5.32 Å². The largest absolute Gasteiger partial charge is 0.405 e. The van der Waals surface area contributed by atoms with Crippen molar-refractivity contribution < 1.29 is 18.0 Å². The Balaban J connectivity index is 2.17. The van der Waals surface area contributed by atoms with Crippen LogP contribution in [0.15, 0.2) is 35.3 Å². The number of nitrogens with zero attached hydrogens (tertiary/aromatic N) is 2. The Bertz CT molecular complexity index is 655. The molecule has 0 aliphatic carbocycles. The van der Waals surface area contributed by atoms with E-state index in [1.807, 2.05) is 20.8 Å². The fraction of sp³-hybridized carbons (Fsp3) is 0.529. The van der Waals surface area contributed by atoms with Crippen molar-refractivity contribution >= 4 is 11.9 Å². The number of halogens is 3. The van der Waals surface area contributed by atoms with E-state index in [-0.39, 0.29) is 18.3 Å². The van der Waals surface area contributed by atoms with Gasteiger partial charge >= 0.3 is 6.18 Å². The molecule has 26 heavy (non-hydrogen) atoms. The molecule has 1 fully saturated rings. The molecule has 0 radical (unpaired) electrons. The summed E-state index contributed by atoms with van der Waals surface area (Å²) < 4.78 is 39.0. The van der Waals surface area contributed by atoms with Gasteiger partial charge in [0.15, 0.2) is 5.96 Å². The molecule has 144 valence electrons. The van der Waals surface area contributed by atoms with Crippen molar-refractivity contribution in [1.29, 1.82) is 0 Å². The third-order valence-electron chi connectivity index (χ3n) is 3.69. The molecular formula is C17H24F3N5O. The monoisotopic (exact) mass is 371 g/mol. The highest BCUT2D eigenvalue weighted by atomic mass is 19.4. The van der Waals surface area contributed by atoms with E-state index in [2.05, 4.69) is 21.1 Å². The first kappa shape index (κ1) is 20.2. The second-order valence-corrected chi connectivity index (χ2v) is 7.22. The zero-order valence-corrected chi connectivity index (χ0v) is 15.2. The van der Waals surface area contributed by atoms with Crippen LogP contribution >= 0.6 is 0 Å². The number of carbonyl (C=O) groups excluding carboxylic acids is 1. The van der Waals surface area contributed by atoms with E-state index in [4.69, 9.17) is 0 Å². The number of hydrazine groups is 1. The van der Waals surface area contributed by atoms with Crippen LogP contribution in [-0.2, 0) is 0 Å². The standard InChI is InChI=1S/C17H24F3N5O/c1-16(2,3)23-15(22-14(26)11-8-6-5-7-9-11)21-13-10-12(17(18,19)20)25(4)24-13/h5-9,12-13,24H,10H2,1-4H3,(H2,21,22,23,26). The highest BCUT2D eigenvalue weighted by Gasteiger charge is 2.47.